The maximum absolute atomic E-state index is 13.2. The number of nitrogens with zero attached hydrogens (tertiary/aromatic N) is 2. The number of aryl methyl sites for hydroxylation is 1. The summed E-state index contributed by atoms with van der Waals surface area (Å²) in [6.07, 6.45) is 5.15. The lowest BCUT2D eigenvalue weighted by atomic mass is 10.1. The van der Waals surface area contributed by atoms with E-state index in [0.717, 1.165) is 51.9 Å². The summed E-state index contributed by atoms with van der Waals surface area (Å²) in [5.74, 6) is -1.03. The summed E-state index contributed by atoms with van der Waals surface area (Å²) in [5, 5.41) is 14.0. The molecule has 2 saturated heterocycles. The average Bonchev–Trinajstić information content (AvgIpc) is 3.89. The van der Waals surface area contributed by atoms with Gasteiger partial charge in [-0.3, -0.25) is 19.2 Å². The highest BCUT2D eigenvalue weighted by Crippen LogP contribution is 2.24. The number of rotatable bonds is 13. The Bertz CT molecular complexity index is 1920. The average molecular weight is 746 g/mol. The van der Waals surface area contributed by atoms with Gasteiger partial charge < -0.3 is 36.4 Å². The Balaban J connectivity index is 0.000000745. The van der Waals surface area contributed by atoms with Gasteiger partial charge in [0.15, 0.2) is 5.78 Å². The van der Waals surface area contributed by atoms with Gasteiger partial charge in [0.05, 0.1) is 0 Å². The summed E-state index contributed by atoms with van der Waals surface area (Å²) in [4.78, 5) is 68.6. The standard InChI is InChI=1S/C36H43N7O5.C7H8/c1-25(44)26-19-29(37-33(45)11-17-42-13-5-6-14-42)23-31(20-26)40-36(48)41-32-22-27(35(47)39-28-9-3-2-4-10-28)21-30(24-32)38-34(46)12-18-43-15-7-8-16-43;1-7-5-3-2-4-6-7/h2-4,9-10,19-24H,5-8,11-18H2,1H3,(H,37,45)(H,38,46)(H,39,47)(H2,40,41,48);2-6H,1H3. The van der Waals surface area contributed by atoms with Gasteiger partial charge in [-0.25, -0.2) is 4.79 Å². The van der Waals surface area contributed by atoms with Crippen LogP contribution in [0.1, 0.15) is 71.7 Å². The van der Waals surface area contributed by atoms with E-state index in [1.165, 1.54) is 24.6 Å². The second kappa shape index (κ2) is 20.6. The smallest absolute Gasteiger partial charge is 0.323 e. The van der Waals surface area contributed by atoms with Crippen LogP contribution in [0.3, 0.4) is 0 Å². The zero-order chi connectivity index (χ0) is 39.0. The van der Waals surface area contributed by atoms with E-state index in [1.807, 2.05) is 24.3 Å². The number of carbonyl (C=O) groups excluding carboxylic acids is 5. The van der Waals surface area contributed by atoms with E-state index in [9.17, 15) is 24.0 Å². The molecule has 0 saturated carbocycles. The Morgan fingerprint density at radius 2 is 0.927 bits per heavy atom. The molecule has 2 aliphatic rings. The Morgan fingerprint density at radius 3 is 1.35 bits per heavy atom. The Labute approximate surface area is 323 Å². The van der Waals surface area contributed by atoms with Crippen molar-refractivity contribution in [2.75, 3.05) is 65.9 Å². The summed E-state index contributed by atoms with van der Waals surface area (Å²) >= 11 is 0. The molecule has 4 aromatic carbocycles. The van der Waals surface area contributed by atoms with Crippen molar-refractivity contribution in [1.82, 2.24) is 9.80 Å². The lowest BCUT2D eigenvalue weighted by Gasteiger charge is -2.16. The molecule has 0 radical (unpaired) electrons. The van der Waals surface area contributed by atoms with E-state index in [-0.39, 0.29) is 28.8 Å². The number of nitrogens with one attached hydrogen (secondary N) is 5. The van der Waals surface area contributed by atoms with Gasteiger partial charge in [-0.1, -0.05) is 54.1 Å². The molecular formula is C43H51N7O5. The molecule has 288 valence electrons. The van der Waals surface area contributed by atoms with Gasteiger partial charge in [-0.2, -0.15) is 0 Å². The second-order valence-electron chi connectivity index (χ2n) is 13.9. The lowest BCUT2D eigenvalue weighted by Crippen LogP contribution is -2.25. The van der Waals surface area contributed by atoms with Crippen molar-refractivity contribution in [1.29, 1.82) is 0 Å². The molecule has 4 aromatic rings. The summed E-state index contributed by atoms with van der Waals surface area (Å²) in [7, 11) is 0. The third-order valence-electron chi connectivity index (χ3n) is 9.30. The van der Waals surface area contributed by atoms with Crippen molar-refractivity contribution in [3.05, 3.63) is 114 Å². The number of carbonyl (C=O) groups is 5. The molecule has 0 spiro atoms. The number of hydrogen-bond donors (Lipinski definition) is 5. The summed E-state index contributed by atoms with van der Waals surface area (Å²) < 4.78 is 0. The zero-order valence-corrected chi connectivity index (χ0v) is 31.7. The predicted octanol–water partition coefficient (Wildman–Crippen LogP) is 7.63. The number of para-hydroxylation sites is 1. The number of hydrogen-bond acceptors (Lipinski definition) is 7. The van der Waals surface area contributed by atoms with Crippen molar-refractivity contribution in [3.63, 3.8) is 0 Å². The van der Waals surface area contributed by atoms with Gasteiger partial charge in [-0.15, -0.1) is 0 Å². The van der Waals surface area contributed by atoms with Crippen molar-refractivity contribution >= 4 is 58.0 Å². The van der Waals surface area contributed by atoms with E-state index in [2.05, 4.69) is 55.4 Å². The molecule has 6 rings (SSSR count). The highest BCUT2D eigenvalue weighted by Gasteiger charge is 2.17. The molecule has 12 heteroatoms. The maximum atomic E-state index is 13.2. The van der Waals surface area contributed by atoms with E-state index in [0.29, 0.717) is 54.2 Å². The highest BCUT2D eigenvalue weighted by molar-refractivity contribution is 6.08. The number of likely N-dealkylation sites (tertiary alicyclic amines) is 2. The molecule has 0 aliphatic carbocycles. The maximum Gasteiger partial charge on any atom is 0.323 e. The number of benzene rings is 4. The van der Waals surface area contributed by atoms with Crippen LogP contribution in [-0.4, -0.2) is 78.6 Å². The van der Waals surface area contributed by atoms with Crippen LogP contribution in [0.4, 0.5) is 33.2 Å². The molecule has 12 nitrogen and oxygen atoms in total. The minimum absolute atomic E-state index is 0.182. The van der Waals surface area contributed by atoms with E-state index in [1.54, 1.807) is 48.5 Å². The fourth-order valence-corrected chi connectivity index (χ4v) is 6.41. The van der Waals surface area contributed by atoms with E-state index < -0.39 is 11.9 Å². The van der Waals surface area contributed by atoms with Gasteiger partial charge in [0, 0.05) is 65.5 Å². The molecule has 5 amide bonds. The number of urea groups is 1. The molecule has 5 N–H and O–H groups in total. The van der Waals surface area contributed by atoms with Crippen molar-refractivity contribution in [3.8, 4) is 0 Å². The molecule has 0 aromatic heterocycles. The third kappa shape index (κ3) is 13.8. The van der Waals surface area contributed by atoms with Crippen LogP contribution in [0.25, 0.3) is 0 Å². The Kier molecular flexibility index (Phi) is 15.1. The van der Waals surface area contributed by atoms with Gasteiger partial charge in [-0.05, 0) is 114 Å². The monoisotopic (exact) mass is 745 g/mol. The molecule has 2 heterocycles. The van der Waals surface area contributed by atoms with Crippen molar-refractivity contribution < 1.29 is 24.0 Å². The summed E-state index contributed by atoms with van der Waals surface area (Å²) in [6.45, 7) is 8.74. The number of anilines is 5. The Morgan fingerprint density at radius 1 is 0.509 bits per heavy atom. The fourth-order valence-electron chi connectivity index (χ4n) is 6.41. The molecule has 0 bridgehead atoms. The van der Waals surface area contributed by atoms with Gasteiger partial charge >= 0.3 is 6.03 Å². The van der Waals surface area contributed by atoms with Crippen LogP contribution >= 0.6 is 0 Å². The molecule has 2 aliphatic heterocycles. The van der Waals surface area contributed by atoms with Crippen molar-refractivity contribution in [2.24, 2.45) is 0 Å². The minimum Gasteiger partial charge on any atom is -0.326 e. The number of amides is 5. The quantitative estimate of drug-likeness (QED) is 0.0883. The summed E-state index contributed by atoms with van der Waals surface area (Å²) in [5.41, 5.74) is 3.77. The molecule has 0 unspecified atom stereocenters. The first kappa shape index (κ1) is 40.3. The first-order chi connectivity index (χ1) is 26.6. The lowest BCUT2D eigenvalue weighted by molar-refractivity contribution is -0.117. The highest BCUT2D eigenvalue weighted by atomic mass is 16.2. The molecular weight excluding hydrogens is 695 g/mol. The SMILES string of the molecule is CC(=O)c1cc(NC(=O)CCN2CCCC2)cc(NC(=O)Nc2cc(NC(=O)CCN3CCCC3)cc(C(=O)Nc3ccccc3)c2)c1.Cc1ccccc1. The summed E-state index contributed by atoms with van der Waals surface area (Å²) in [6, 6.07) is 27.9. The third-order valence-corrected chi connectivity index (χ3v) is 9.30. The fraction of sp³-hybridized carbons (Fsp3) is 0.326. The van der Waals surface area contributed by atoms with Crippen LogP contribution in [0.5, 0.6) is 0 Å². The van der Waals surface area contributed by atoms with Crippen LogP contribution in [0.2, 0.25) is 0 Å². The van der Waals surface area contributed by atoms with E-state index in [4.69, 9.17) is 0 Å². The topological polar surface area (TPSA) is 152 Å². The van der Waals surface area contributed by atoms with E-state index >= 15 is 0 Å². The molecule has 2 fully saturated rings. The van der Waals surface area contributed by atoms with Gasteiger partial charge in [0.1, 0.15) is 0 Å². The first-order valence-electron chi connectivity index (χ1n) is 18.9. The Hall–Kier alpha value is -5.85. The van der Waals surface area contributed by atoms with Gasteiger partial charge in [0.2, 0.25) is 11.8 Å². The minimum atomic E-state index is -0.645. The second-order valence-corrected chi connectivity index (χ2v) is 13.9. The molecule has 55 heavy (non-hydrogen) atoms. The van der Waals surface area contributed by atoms with Crippen LogP contribution in [0.15, 0.2) is 97.1 Å². The predicted molar refractivity (Wildman–Crippen MR) is 219 cm³/mol. The molecule has 0 atom stereocenters. The van der Waals surface area contributed by atoms with Crippen molar-refractivity contribution in [2.45, 2.75) is 52.4 Å². The number of Topliss-reactive ketones (excluding diaryl/α,β-unsaturated/α-hetero) is 1. The number of ketones is 1. The normalized spacial score (nSPS) is 13.9. The first-order valence-corrected chi connectivity index (χ1v) is 18.9. The van der Waals surface area contributed by atoms with Crippen LogP contribution in [0, 0.1) is 6.92 Å². The zero-order valence-electron chi connectivity index (χ0n) is 31.7. The largest absolute Gasteiger partial charge is 0.326 e. The van der Waals surface area contributed by atoms with Crippen LogP contribution < -0.4 is 26.6 Å². The van der Waals surface area contributed by atoms with Gasteiger partial charge in [0.25, 0.3) is 5.91 Å². The van der Waals surface area contributed by atoms with Crippen LogP contribution in [-0.2, 0) is 9.59 Å².